The highest BCUT2D eigenvalue weighted by Gasteiger charge is 2.26. The van der Waals surface area contributed by atoms with E-state index in [0.29, 0.717) is 13.0 Å². The summed E-state index contributed by atoms with van der Waals surface area (Å²) in [6.45, 7) is 10.8. The number of hydroxylamine groups is 2. The zero-order chi connectivity index (χ0) is 13.3. The first kappa shape index (κ1) is 16.0. The molecule has 0 aromatic rings. The number of aliphatic hydroxyl groups is 1. The topological polar surface area (TPSA) is 62.1 Å². The lowest BCUT2D eigenvalue weighted by atomic mass is 10.3. The molecule has 0 aliphatic carbocycles. The Hall–Kier alpha value is -1.04. The van der Waals surface area contributed by atoms with Gasteiger partial charge in [0.25, 0.3) is 0 Å². The van der Waals surface area contributed by atoms with Crippen molar-refractivity contribution in [2.75, 3.05) is 6.54 Å². The van der Waals surface area contributed by atoms with E-state index in [-0.39, 0.29) is 0 Å². The largest absolute Gasteiger partial charge is 0.376 e. The third-order valence-corrected chi connectivity index (χ3v) is 2.06. The second-order valence-electron chi connectivity index (χ2n) is 4.21. The van der Waals surface area contributed by atoms with Gasteiger partial charge in [0.1, 0.15) is 6.23 Å². The van der Waals surface area contributed by atoms with Gasteiger partial charge in [-0.2, -0.15) is 5.06 Å². The van der Waals surface area contributed by atoms with Crippen LogP contribution in [0.5, 0.6) is 0 Å². The van der Waals surface area contributed by atoms with Gasteiger partial charge >= 0.3 is 0 Å². The molecule has 0 aromatic heterocycles. The van der Waals surface area contributed by atoms with Crippen molar-refractivity contribution in [1.29, 1.82) is 0 Å². The predicted molar refractivity (Wildman–Crippen MR) is 67.9 cm³/mol. The summed E-state index contributed by atoms with van der Waals surface area (Å²) in [5.41, 5.74) is -1.18. The maximum absolute atomic E-state index is 10.6. The molecule has 0 radical (unpaired) electrons. The molecule has 1 unspecified atom stereocenters. The summed E-state index contributed by atoms with van der Waals surface area (Å²) in [4.78, 5) is 15.9. The monoisotopic (exact) mass is 242 g/mol. The van der Waals surface area contributed by atoms with Crippen molar-refractivity contribution in [3.8, 4) is 0 Å². The molecule has 17 heavy (non-hydrogen) atoms. The predicted octanol–water partition coefficient (Wildman–Crippen LogP) is 2.58. The SMILES string of the molecule is C=CCCCN(OC(C)(C)N=O)C(O)CC=C. The first-order valence-electron chi connectivity index (χ1n) is 5.67. The van der Waals surface area contributed by atoms with E-state index < -0.39 is 12.0 Å². The lowest BCUT2D eigenvalue weighted by molar-refractivity contribution is -0.290. The van der Waals surface area contributed by atoms with Gasteiger partial charge in [-0.3, -0.25) is 4.84 Å². The number of nitroso groups, excluding NO2 is 1. The van der Waals surface area contributed by atoms with Crippen LogP contribution in [0.15, 0.2) is 30.5 Å². The molecule has 1 atom stereocenters. The average Bonchev–Trinajstić information content (AvgIpc) is 2.28. The average molecular weight is 242 g/mol. The van der Waals surface area contributed by atoms with Crippen LogP contribution in [-0.4, -0.2) is 28.7 Å². The Morgan fingerprint density at radius 1 is 1.47 bits per heavy atom. The molecule has 98 valence electrons. The Balaban J connectivity index is 4.42. The highest BCUT2D eigenvalue weighted by Crippen LogP contribution is 2.16. The molecule has 5 heteroatoms. The third-order valence-electron chi connectivity index (χ3n) is 2.06. The number of nitrogens with zero attached hydrogens (tertiary/aromatic N) is 2. The molecule has 0 aliphatic rings. The summed E-state index contributed by atoms with van der Waals surface area (Å²) >= 11 is 0. The Kier molecular flexibility index (Phi) is 7.61. The van der Waals surface area contributed by atoms with Gasteiger partial charge in [-0.05, 0) is 31.9 Å². The Bertz CT molecular complexity index is 254. The number of hydrogen-bond acceptors (Lipinski definition) is 5. The maximum atomic E-state index is 10.6. The van der Waals surface area contributed by atoms with Crippen LogP contribution in [-0.2, 0) is 4.84 Å². The van der Waals surface area contributed by atoms with E-state index in [2.05, 4.69) is 18.3 Å². The molecular formula is C12H22N2O3. The minimum absolute atomic E-state index is 0.364. The summed E-state index contributed by atoms with van der Waals surface area (Å²) in [5, 5.41) is 14.1. The molecular weight excluding hydrogens is 220 g/mol. The van der Waals surface area contributed by atoms with Gasteiger partial charge in [0.15, 0.2) is 0 Å². The zero-order valence-corrected chi connectivity index (χ0v) is 10.6. The van der Waals surface area contributed by atoms with Gasteiger partial charge in [-0.1, -0.05) is 12.2 Å². The zero-order valence-electron chi connectivity index (χ0n) is 10.6. The van der Waals surface area contributed by atoms with Crippen LogP contribution in [0.1, 0.15) is 33.1 Å². The number of unbranched alkanes of at least 4 members (excludes halogenated alkanes) is 1. The summed E-state index contributed by atoms with van der Waals surface area (Å²) in [6.07, 6.45) is 4.53. The van der Waals surface area contributed by atoms with Crippen LogP contribution in [0.2, 0.25) is 0 Å². The van der Waals surface area contributed by atoms with E-state index >= 15 is 0 Å². The Morgan fingerprint density at radius 2 is 2.12 bits per heavy atom. The van der Waals surface area contributed by atoms with Crippen LogP contribution in [0.25, 0.3) is 0 Å². The second-order valence-corrected chi connectivity index (χ2v) is 4.21. The van der Waals surface area contributed by atoms with Crippen molar-refractivity contribution in [3.63, 3.8) is 0 Å². The first-order chi connectivity index (χ1) is 7.96. The van der Waals surface area contributed by atoms with Crippen molar-refractivity contribution in [2.24, 2.45) is 5.18 Å². The number of aliphatic hydroxyl groups excluding tert-OH is 1. The molecule has 5 nitrogen and oxygen atoms in total. The summed E-state index contributed by atoms with van der Waals surface area (Å²) < 4.78 is 0. The molecule has 0 rings (SSSR count). The quantitative estimate of drug-likeness (QED) is 0.210. The number of hydrogen-bond donors (Lipinski definition) is 1. The van der Waals surface area contributed by atoms with Crippen molar-refractivity contribution >= 4 is 0 Å². The Labute approximate surface area is 103 Å². The lowest BCUT2D eigenvalue weighted by Crippen LogP contribution is -2.41. The van der Waals surface area contributed by atoms with E-state index in [0.717, 1.165) is 12.8 Å². The fourth-order valence-electron chi connectivity index (χ4n) is 1.22. The van der Waals surface area contributed by atoms with Crippen LogP contribution in [0.3, 0.4) is 0 Å². The van der Waals surface area contributed by atoms with E-state index in [9.17, 15) is 10.0 Å². The third kappa shape index (κ3) is 6.99. The molecule has 1 N–H and O–H groups in total. The van der Waals surface area contributed by atoms with Crippen LogP contribution in [0.4, 0.5) is 0 Å². The summed E-state index contributed by atoms with van der Waals surface area (Å²) in [5.74, 6) is 0. The first-order valence-corrected chi connectivity index (χ1v) is 5.67. The van der Waals surface area contributed by atoms with Crippen molar-refractivity contribution in [3.05, 3.63) is 30.2 Å². The molecule has 0 saturated heterocycles. The van der Waals surface area contributed by atoms with E-state index in [1.165, 1.54) is 5.06 Å². The van der Waals surface area contributed by atoms with Gasteiger partial charge < -0.3 is 5.11 Å². The standard InChI is InChI=1S/C12H22N2O3/c1-5-7-8-10-14(11(15)9-6-2)17-12(3,4)13-16/h5-6,11,15H,1-2,7-10H2,3-4H3. The molecule has 0 saturated carbocycles. The van der Waals surface area contributed by atoms with Crippen molar-refractivity contribution < 1.29 is 9.94 Å². The maximum Gasteiger partial charge on any atom is 0.214 e. The molecule has 0 aliphatic heterocycles. The van der Waals surface area contributed by atoms with Crippen LogP contribution in [0, 0.1) is 4.91 Å². The van der Waals surface area contributed by atoms with Gasteiger partial charge in [-0.25, -0.2) is 0 Å². The summed E-state index contributed by atoms with van der Waals surface area (Å²) in [7, 11) is 0. The van der Waals surface area contributed by atoms with Gasteiger partial charge in [-0.15, -0.1) is 18.1 Å². The van der Waals surface area contributed by atoms with E-state index in [1.54, 1.807) is 26.0 Å². The van der Waals surface area contributed by atoms with Crippen molar-refractivity contribution in [2.45, 2.75) is 45.1 Å². The fourth-order valence-corrected chi connectivity index (χ4v) is 1.22. The van der Waals surface area contributed by atoms with Crippen LogP contribution < -0.4 is 0 Å². The van der Waals surface area contributed by atoms with Gasteiger partial charge in [0.2, 0.25) is 5.72 Å². The number of allylic oxidation sites excluding steroid dienone is 1. The van der Waals surface area contributed by atoms with Gasteiger partial charge in [0, 0.05) is 13.0 Å². The summed E-state index contributed by atoms with van der Waals surface area (Å²) in [6, 6.07) is 0. The minimum Gasteiger partial charge on any atom is -0.376 e. The lowest BCUT2D eigenvalue weighted by Gasteiger charge is -2.31. The minimum atomic E-state index is -1.18. The second kappa shape index (κ2) is 8.11. The van der Waals surface area contributed by atoms with E-state index in [4.69, 9.17) is 4.84 Å². The van der Waals surface area contributed by atoms with Gasteiger partial charge in [0.05, 0.1) is 0 Å². The molecule has 0 spiro atoms. The normalized spacial score (nSPS) is 13.4. The molecule has 0 amide bonds. The van der Waals surface area contributed by atoms with E-state index in [1.807, 2.05) is 0 Å². The van der Waals surface area contributed by atoms with Crippen molar-refractivity contribution in [1.82, 2.24) is 5.06 Å². The molecule has 0 heterocycles. The van der Waals surface area contributed by atoms with Crippen LogP contribution >= 0.6 is 0 Å². The Morgan fingerprint density at radius 3 is 2.59 bits per heavy atom. The highest BCUT2D eigenvalue weighted by atomic mass is 16.7. The highest BCUT2D eigenvalue weighted by molar-refractivity contribution is 4.73. The molecule has 0 bridgehead atoms. The number of rotatable bonds is 10. The molecule has 0 fully saturated rings. The smallest absolute Gasteiger partial charge is 0.214 e. The fraction of sp³-hybridized carbons (Fsp3) is 0.667. The molecule has 0 aromatic carbocycles.